The number of hydrogen-bond donors (Lipinski definition) is 3. The van der Waals surface area contributed by atoms with Crippen LogP contribution in [-0.4, -0.2) is 39.3 Å². The maximum Gasteiger partial charge on any atom is 0.387 e. The number of ether oxygens (including phenoxy) is 2. The Morgan fingerprint density at radius 3 is 2.44 bits per heavy atom. The summed E-state index contributed by atoms with van der Waals surface area (Å²) < 4.78 is 62.7. The van der Waals surface area contributed by atoms with Crippen molar-refractivity contribution >= 4 is 27.3 Å². The van der Waals surface area contributed by atoms with Gasteiger partial charge in [-0.05, 0) is 37.1 Å². The minimum atomic E-state index is -4.16. The van der Waals surface area contributed by atoms with Crippen molar-refractivity contribution in [3.05, 3.63) is 42.5 Å². The first kappa shape index (κ1) is 25.3. The summed E-state index contributed by atoms with van der Waals surface area (Å²) in [6.07, 6.45) is 0. The molecule has 0 fully saturated rings. The van der Waals surface area contributed by atoms with Gasteiger partial charge in [0.2, 0.25) is 5.91 Å². The van der Waals surface area contributed by atoms with E-state index in [0.717, 1.165) is 6.07 Å². The van der Waals surface area contributed by atoms with Gasteiger partial charge in [0.1, 0.15) is 16.4 Å². The number of nitrogens with one attached hydrogen (secondary N) is 2. The van der Waals surface area contributed by atoms with Crippen molar-refractivity contribution in [2.24, 2.45) is 11.8 Å². The average Bonchev–Trinajstić information content (AvgIpc) is 2.68. The molecule has 1 atom stereocenters. The Hall–Kier alpha value is -2.92. The zero-order valence-corrected chi connectivity index (χ0v) is 18.7. The average molecular weight is 473 g/mol. The maximum atomic E-state index is 12.9. The van der Waals surface area contributed by atoms with Crippen molar-refractivity contribution in [2.45, 2.75) is 32.3 Å². The SMILES string of the molecule is CCOc1cc(NC(=O)[C@@H](CO)C(C)C)ccc1S(=O)(=O)Nc1cccc(OC(F)F)c1. The zero-order chi connectivity index (χ0) is 23.9. The number of amides is 1. The number of carbonyl (C=O) groups excluding carboxylic acids is 1. The molecule has 0 aliphatic carbocycles. The van der Waals surface area contributed by atoms with Crippen molar-refractivity contribution in [1.82, 2.24) is 0 Å². The molecule has 0 aromatic heterocycles. The van der Waals surface area contributed by atoms with Gasteiger partial charge in [0, 0.05) is 17.8 Å². The number of alkyl halides is 2. The van der Waals surface area contributed by atoms with Gasteiger partial charge >= 0.3 is 6.61 Å². The summed E-state index contributed by atoms with van der Waals surface area (Å²) in [6, 6.07) is 9.14. The van der Waals surface area contributed by atoms with Gasteiger partial charge in [0.25, 0.3) is 10.0 Å². The van der Waals surface area contributed by atoms with Crippen molar-refractivity contribution in [3.63, 3.8) is 0 Å². The topological polar surface area (TPSA) is 114 Å². The quantitative estimate of drug-likeness (QED) is 0.460. The van der Waals surface area contributed by atoms with Crippen molar-refractivity contribution in [1.29, 1.82) is 0 Å². The van der Waals surface area contributed by atoms with Gasteiger partial charge in [-0.3, -0.25) is 9.52 Å². The lowest BCUT2D eigenvalue weighted by molar-refractivity contribution is -0.122. The van der Waals surface area contributed by atoms with Crippen molar-refractivity contribution < 1.29 is 36.6 Å². The summed E-state index contributed by atoms with van der Waals surface area (Å²) in [7, 11) is -4.16. The molecule has 3 N–H and O–H groups in total. The molecule has 0 aliphatic rings. The molecule has 1 amide bonds. The standard InChI is InChI=1S/C21H26F2N2O6S/c1-4-30-18-11-14(24-20(27)17(12-26)13(2)3)8-9-19(18)32(28,29)25-15-6-5-7-16(10-15)31-21(22)23/h5-11,13,17,21,25-26H,4,12H2,1-3H3,(H,24,27)/t17-/m0/s1. The van der Waals surface area contributed by atoms with E-state index in [1.165, 1.54) is 36.4 Å². The predicted octanol–water partition coefficient (Wildman–Crippen LogP) is 3.69. The van der Waals surface area contributed by atoms with Gasteiger partial charge in [-0.2, -0.15) is 8.78 Å². The van der Waals surface area contributed by atoms with Crippen LogP contribution in [0, 0.1) is 11.8 Å². The summed E-state index contributed by atoms with van der Waals surface area (Å²) in [5.74, 6) is -1.34. The monoisotopic (exact) mass is 472 g/mol. The van der Waals surface area contributed by atoms with E-state index in [-0.39, 0.29) is 41.2 Å². The number of aliphatic hydroxyl groups excluding tert-OH is 1. The normalized spacial score (nSPS) is 12.5. The van der Waals surface area contributed by atoms with Crippen LogP contribution in [-0.2, 0) is 14.8 Å². The summed E-state index contributed by atoms with van der Waals surface area (Å²) in [5, 5.41) is 12.1. The van der Waals surface area contributed by atoms with E-state index in [1.54, 1.807) is 20.8 Å². The summed E-state index contributed by atoms with van der Waals surface area (Å²) in [5.41, 5.74) is 0.314. The third-order valence-electron chi connectivity index (χ3n) is 4.45. The van der Waals surface area contributed by atoms with E-state index < -0.39 is 28.5 Å². The molecular formula is C21H26F2N2O6S. The van der Waals surface area contributed by atoms with Crippen LogP contribution in [0.2, 0.25) is 0 Å². The molecule has 2 rings (SSSR count). The van der Waals surface area contributed by atoms with Crippen LogP contribution in [0.4, 0.5) is 20.2 Å². The molecule has 8 nitrogen and oxygen atoms in total. The van der Waals surface area contributed by atoms with Crippen molar-refractivity contribution in [2.75, 3.05) is 23.3 Å². The van der Waals surface area contributed by atoms with Crippen LogP contribution in [0.5, 0.6) is 11.5 Å². The Morgan fingerprint density at radius 1 is 1.12 bits per heavy atom. The van der Waals surface area contributed by atoms with Crippen LogP contribution in [0.1, 0.15) is 20.8 Å². The molecule has 32 heavy (non-hydrogen) atoms. The molecule has 0 saturated heterocycles. The van der Waals surface area contributed by atoms with E-state index in [1.807, 2.05) is 0 Å². The highest BCUT2D eigenvalue weighted by molar-refractivity contribution is 7.92. The fourth-order valence-electron chi connectivity index (χ4n) is 2.85. The second-order valence-corrected chi connectivity index (χ2v) is 8.78. The fraction of sp³-hybridized carbons (Fsp3) is 0.381. The molecule has 0 bridgehead atoms. The van der Waals surface area contributed by atoms with Gasteiger partial charge < -0.3 is 19.9 Å². The number of halogens is 2. The highest BCUT2D eigenvalue weighted by Crippen LogP contribution is 2.30. The van der Waals surface area contributed by atoms with E-state index >= 15 is 0 Å². The first-order valence-electron chi connectivity index (χ1n) is 9.83. The van der Waals surface area contributed by atoms with Crippen LogP contribution in [0.15, 0.2) is 47.4 Å². The Morgan fingerprint density at radius 2 is 1.84 bits per heavy atom. The summed E-state index contributed by atoms with van der Waals surface area (Å²) >= 11 is 0. The summed E-state index contributed by atoms with van der Waals surface area (Å²) in [4.78, 5) is 12.2. The van der Waals surface area contributed by atoms with E-state index in [9.17, 15) is 27.1 Å². The number of aliphatic hydroxyl groups is 1. The minimum absolute atomic E-state index is 0.0112. The lowest BCUT2D eigenvalue weighted by Gasteiger charge is -2.19. The molecule has 2 aromatic carbocycles. The maximum absolute atomic E-state index is 12.9. The molecule has 176 valence electrons. The van der Waals surface area contributed by atoms with E-state index in [0.29, 0.717) is 5.69 Å². The highest BCUT2D eigenvalue weighted by atomic mass is 32.2. The number of benzene rings is 2. The number of rotatable bonds is 11. The molecule has 0 aliphatic heterocycles. The molecule has 0 radical (unpaired) electrons. The Kier molecular flexibility index (Phi) is 8.79. The fourth-order valence-corrected chi connectivity index (χ4v) is 4.03. The molecule has 0 spiro atoms. The van der Waals surface area contributed by atoms with Crippen LogP contribution >= 0.6 is 0 Å². The molecule has 0 unspecified atom stereocenters. The second kappa shape index (κ2) is 11.1. The number of hydrogen-bond acceptors (Lipinski definition) is 6. The Labute approximate surface area is 185 Å². The molecule has 0 saturated carbocycles. The van der Waals surface area contributed by atoms with Gasteiger partial charge in [-0.25, -0.2) is 8.42 Å². The summed E-state index contributed by atoms with van der Waals surface area (Å²) in [6.45, 7) is 2.05. The minimum Gasteiger partial charge on any atom is -0.492 e. The second-order valence-electron chi connectivity index (χ2n) is 7.13. The molecular weight excluding hydrogens is 446 g/mol. The Bertz CT molecular complexity index is 1030. The van der Waals surface area contributed by atoms with Gasteiger partial charge in [-0.1, -0.05) is 19.9 Å². The molecule has 11 heteroatoms. The third-order valence-corrected chi connectivity index (χ3v) is 5.87. The van der Waals surface area contributed by atoms with E-state index in [4.69, 9.17) is 4.74 Å². The number of anilines is 2. The largest absolute Gasteiger partial charge is 0.492 e. The predicted molar refractivity (Wildman–Crippen MR) is 116 cm³/mol. The highest BCUT2D eigenvalue weighted by Gasteiger charge is 2.24. The number of carbonyl (C=O) groups is 1. The van der Waals surface area contributed by atoms with Gasteiger partial charge in [0.15, 0.2) is 0 Å². The van der Waals surface area contributed by atoms with Gasteiger partial charge in [-0.15, -0.1) is 0 Å². The first-order chi connectivity index (χ1) is 15.1. The number of sulfonamides is 1. The lowest BCUT2D eigenvalue weighted by atomic mass is 9.96. The zero-order valence-electron chi connectivity index (χ0n) is 17.8. The molecule has 2 aromatic rings. The van der Waals surface area contributed by atoms with Crippen LogP contribution < -0.4 is 19.5 Å². The Balaban J connectivity index is 2.30. The molecule has 0 heterocycles. The first-order valence-corrected chi connectivity index (χ1v) is 11.3. The van der Waals surface area contributed by atoms with E-state index in [2.05, 4.69) is 14.8 Å². The van der Waals surface area contributed by atoms with Gasteiger partial charge in [0.05, 0.1) is 24.8 Å². The van der Waals surface area contributed by atoms with Crippen LogP contribution in [0.25, 0.3) is 0 Å². The smallest absolute Gasteiger partial charge is 0.387 e. The van der Waals surface area contributed by atoms with Crippen molar-refractivity contribution in [3.8, 4) is 11.5 Å². The van der Waals surface area contributed by atoms with Crippen LogP contribution in [0.3, 0.4) is 0 Å². The lowest BCUT2D eigenvalue weighted by Crippen LogP contribution is -2.29. The third kappa shape index (κ3) is 6.79.